The van der Waals surface area contributed by atoms with Crippen LogP contribution in [0.15, 0.2) is 66.9 Å². The minimum absolute atomic E-state index is 0.00506. The molecule has 2 aromatic carbocycles. The molecule has 34 heavy (non-hydrogen) atoms. The van der Waals surface area contributed by atoms with Crippen LogP contribution in [0.4, 0.5) is 19.0 Å². The SMILES string of the molecule is Cc1cc2cc(C(=O)N(Cc3ccc(O)cc3)Cc3ccc(C(F)(F)F)cn3)ccc2nc1N. The number of pyridine rings is 2. The summed E-state index contributed by atoms with van der Waals surface area (Å²) in [6.45, 7) is 1.98. The average molecular weight is 466 g/mol. The van der Waals surface area contributed by atoms with Crippen LogP contribution in [-0.2, 0) is 19.3 Å². The number of aromatic nitrogens is 2. The average Bonchev–Trinajstić information content (AvgIpc) is 2.80. The van der Waals surface area contributed by atoms with Crippen LogP contribution in [0, 0.1) is 6.92 Å². The molecule has 0 atom stereocenters. The number of rotatable bonds is 5. The molecule has 3 N–H and O–H groups in total. The number of hydrogen-bond donors (Lipinski definition) is 2. The minimum atomic E-state index is -4.49. The van der Waals surface area contributed by atoms with Crippen molar-refractivity contribution in [3.05, 3.63) is 94.8 Å². The molecule has 4 rings (SSSR count). The molecule has 0 radical (unpaired) electrons. The summed E-state index contributed by atoms with van der Waals surface area (Å²) in [5.41, 5.74) is 7.89. The quantitative estimate of drug-likeness (QED) is 0.428. The van der Waals surface area contributed by atoms with Gasteiger partial charge >= 0.3 is 6.18 Å². The summed E-state index contributed by atoms with van der Waals surface area (Å²) in [6.07, 6.45) is -3.73. The van der Waals surface area contributed by atoms with E-state index in [4.69, 9.17) is 5.73 Å². The van der Waals surface area contributed by atoms with Crippen LogP contribution < -0.4 is 5.73 Å². The van der Waals surface area contributed by atoms with Gasteiger partial charge in [-0.15, -0.1) is 0 Å². The molecule has 0 fully saturated rings. The second-order valence-electron chi connectivity index (χ2n) is 7.96. The number of nitrogens with zero attached hydrogens (tertiary/aromatic N) is 3. The number of amides is 1. The summed E-state index contributed by atoms with van der Waals surface area (Å²) in [5.74, 6) is 0.169. The van der Waals surface area contributed by atoms with Crippen molar-refractivity contribution in [2.24, 2.45) is 0 Å². The van der Waals surface area contributed by atoms with Gasteiger partial charge in [-0.05, 0) is 66.6 Å². The molecule has 0 unspecified atom stereocenters. The highest BCUT2D eigenvalue weighted by Crippen LogP contribution is 2.29. The Bertz CT molecular complexity index is 1340. The molecular weight excluding hydrogens is 445 g/mol. The van der Waals surface area contributed by atoms with E-state index in [-0.39, 0.29) is 24.7 Å². The maximum atomic E-state index is 13.5. The predicted molar refractivity (Wildman–Crippen MR) is 122 cm³/mol. The zero-order valence-corrected chi connectivity index (χ0v) is 18.2. The zero-order valence-electron chi connectivity index (χ0n) is 18.2. The fourth-order valence-electron chi connectivity index (χ4n) is 3.52. The van der Waals surface area contributed by atoms with E-state index in [9.17, 15) is 23.1 Å². The molecule has 2 heterocycles. The molecule has 6 nitrogen and oxygen atoms in total. The Morgan fingerprint density at radius 2 is 1.76 bits per heavy atom. The van der Waals surface area contributed by atoms with Crippen molar-refractivity contribution in [3.63, 3.8) is 0 Å². The molecule has 0 spiro atoms. The number of halogens is 3. The van der Waals surface area contributed by atoms with Gasteiger partial charge in [0, 0.05) is 23.7 Å². The smallest absolute Gasteiger partial charge is 0.417 e. The monoisotopic (exact) mass is 466 g/mol. The molecular formula is C25H21F3N4O2. The van der Waals surface area contributed by atoms with Crippen molar-refractivity contribution in [2.45, 2.75) is 26.2 Å². The lowest BCUT2D eigenvalue weighted by Crippen LogP contribution is -2.30. The van der Waals surface area contributed by atoms with E-state index >= 15 is 0 Å². The Balaban J connectivity index is 1.66. The maximum Gasteiger partial charge on any atom is 0.417 e. The van der Waals surface area contributed by atoms with Gasteiger partial charge in [0.1, 0.15) is 11.6 Å². The first-order chi connectivity index (χ1) is 16.1. The van der Waals surface area contributed by atoms with Crippen molar-refractivity contribution in [1.82, 2.24) is 14.9 Å². The number of hydrogen-bond acceptors (Lipinski definition) is 5. The van der Waals surface area contributed by atoms with Gasteiger partial charge in [-0.25, -0.2) is 4.98 Å². The second kappa shape index (κ2) is 9.01. The minimum Gasteiger partial charge on any atom is -0.508 e. The summed E-state index contributed by atoms with van der Waals surface area (Å²) in [7, 11) is 0. The number of carbonyl (C=O) groups is 1. The fraction of sp³-hybridized carbons (Fsp3) is 0.160. The first kappa shape index (κ1) is 23.0. The molecule has 1 amide bonds. The first-order valence-corrected chi connectivity index (χ1v) is 10.4. The normalized spacial score (nSPS) is 11.5. The van der Waals surface area contributed by atoms with Crippen LogP contribution in [0.2, 0.25) is 0 Å². The summed E-state index contributed by atoms with van der Waals surface area (Å²) in [4.78, 5) is 23.2. The number of benzene rings is 2. The standard InChI is InChI=1S/C25H21F3N4O2/c1-15-10-18-11-17(4-9-22(18)31-23(15)29)24(34)32(13-16-2-7-21(33)8-3-16)14-20-6-5-19(12-30-20)25(26,27)28/h2-12,33H,13-14H2,1H3,(H2,29,31). The van der Waals surface area contributed by atoms with E-state index in [1.165, 1.54) is 23.1 Å². The number of aromatic hydroxyl groups is 1. The molecule has 0 saturated carbocycles. The van der Waals surface area contributed by atoms with Gasteiger partial charge in [0.2, 0.25) is 0 Å². The van der Waals surface area contributed by atoms with Gasteiger partial charge in [0.15, 0.2) is 0 Å². The Morgan fingerprint density at radius 1 is 1.03 bits per heavy atom. The van der Waals surface area contributed by atoms with Crippen molar-refractivity contribution >= 4 is 22.6 Å². The van der Waals surface area contributed by atoms with Crippen LogP contribution in [0.1, 0.15) is 32.7 Å². The molecule has 0 aliphatic heterocycles. The van der Waals surface area contributed by atoms with Crippen molar-refractivity contribution in [3.8, 4) is 5.75 Å². The molecule has 0 saturated heterocycles. The van der Waals surface area contributed by atoms with Crippen molar-refractivity contribution < 1.29 is 23.1 Å². The van der Waals surface area contributed by atoms with Gasteiger partial charge in [0.25, 0.3) is 5.91 Å². The molecule has 0 bridgehead atoms. The summed E-state index contributed by atoms with van der Waals surface area (Å²) in [6, 6.07) is 15.4. The Morgan fingerprint density at radius 3 is 2.41 bits per heavy atom. The molecule has 174 valence electrons. The van der Waals surface area contributed by atoms with E-state index in [0.717, 1.165) is 28.8 Å². The number of anilines is 1. The van der Waals surface area contributed by atoms with Gasteiger partial charge in [-0.2, -0.15) is 13.2 Å². The van der Waals surface area contributed by atoms with Crippen LogP contribution in [0.3, 0.4) is 0 Å². The molecule has 4 aromatic rings. The van der Waals surface area contributed by atoms with E-state index in [0.29, 0.717) is 22.6 Å². The number of aryl methyl sites for hydroxylation is 1. The van der Waals surface area contributed by atoms with Gasteiger partial charge in [0.05, 0.1) is 23.3 Å². The Labute approximate surface area is 193 Å². The van der Waals surface area contributed by atoms with Crippen LogP contribution in [0.5, 0.6) is 5.75 Å². The van der Waals surface area contributed by atoms with Gasteiger partial charge in [-0.1, -0.05) is 12.1 Å². The number of nitrogen functional groups attached to an aromatic ring is 1. The summed E-state index contributed by atoms with van der Waals surface area (Å²) < 4.78 is 38.7. The lowest BCUT2D eigenvalue weighted by Gasteiger charge is -2.23. The van der Waals surface area contributed by atoms with E-state index in [1.807, 2.05) is 13.0 Å². The summed E-state index contributed by atoms with van der Waals surface area (Å²) >= 11 is 0. The highest BCUT2D eigenvalue weighted by molar-refractivity contribution is 5.98. The van der Waals surface area contributed by atoms with E-state index in [2.05, 4.69) is 9.97 Å². The number of carbonyl (C=O) groups excluding carboxylic acids is 1. The topological polar surface area (TPSA) is 92.3 Å². The molecule has 0 aliphatic carbocycles. The molecule has 9 heteroatoms. The Hall–Kier alpha value is -4.14. The molecule has 0 aliphatic rings. The van der Waals surface area contributed by atoms with Crippen molar-refractivity contribution in [2.75, 3.05) is 5.73 Å². The summed E-state index contributed by atoms with van der Waals surface area (Å²) in [5, 5.41) is 10.3. The predicted octanol–water partition coefficient (Wildman–Crippen LogP) is 5.09. The highest BCUT2D eigenvalue weighted by Gasteiger charge is 2.30. The Kier molecular flexibility index (Phi) is 6.10. The number of fused-ring (bicyclic) bond motifs is 1. The largest absolute Gasteiger partial charge is 0.508 e. The second-order valence-corrected chi connectivity index (χ2v) is 7.96. The van der Waals surface area contributed by atoms with Gasteiger partial charge in [-0.3, -0.25) is 9.78 Å². The fourth-order valence-corrected chi connectivity index (χ4v) is 3.52. The van der Waals surface area contributed by atoms with Crippen molar-refractivity contribution in [1.29, 1.82) is 0 Å². The van der Waals surface area contributed by atoms with E-state index < -0.39 is 11.7 Å². The third-order valence-electron chi connectivity index (χ3n) is 5.39. The van der Waals surface area contributed by atoms with Crippen LogP contribution in [0.25, 0.3) is 10.9 Å². The third kappa shape index (κ3) is 5.09. The van der Waals surface area contributed by atoms with E-state index in [1.54, 1.807) is 30.3 Å². The molecule has 2 aromatic heterocycles. The van der Waals surface area contributed by atoms with Crippen LogP contribution in [-0.4, -0.2) is 25.9 Å². The number of phenols is 1. The third-order valence-corrected chi connectivity index (χ3v) is 5.39. The van der Waals surface area contributed by atoms with Crippen LogP contribution >= 0.6 is 0 Å². The zero-order chi connectivity index (χ0) is 24.5. The number of nitrogens with two attached hydrogens (primary N) is 1. The van der Waals surface area contributed by atoms with Gasteiger partial charge < -0.3 is 15.7 Å². The lowest BCUT2D eigenvalue weighted by atomic mass is 10.1. The first-order valence-electron chi connectivity index (χ1n) is 10.4. The maximum absolute atomic E-state index is 13.5. The lowest BCUT2D eigenvalue weighted by molar-refractivity contribution is -0.137. The highest BCUT2D eigenvalue weighted by atomic mass is 19.4. The number of alkyl halides is 3. The number of phenolic OH excluding ortho intramolecular Hbond substituents is 1.